The van der Waals surface area contributed by atoms with Crippen molar-refractivity contribution in [1.82, 2.24) is 4.31 Å². The largest absolute Gasteiger partial charge is 0.486 e. The van der Waals surface area contributed by atoms with Gasteiger partial charge in [0.25, 0.3) is 0 Å². The normalized spacial score (nSPS) is 16.0. The van der Waals surface area contributed by atoms with Gasteiger partial charge in [0.15, 0.2) is 11.5 Å². The summed E-state index contributed by atoms with van der Waals surface area (Å²) in [6.45, 7) is 5.15. The molecule has 1 heterocycles. The van der Waals surface area contributed by atoms with Crippen LogP contribution in [0.3, 0.4) is 0 Å². The molecule has 23 heavy (non-hydrogen) atoms. The first kappa shape index (κ1) is 18.3. The van der Waals surface area contributed by atoms with Crippen LogP contribution in [0.15, 0.2) is 17.0 Å². The molecule has 0 aliphatic carbocycles. The molecular formula is C15H23ClN2O4S. The van der Waals surface area contributed by atoms with Crippen LogP contribution in [0.2, 0.25) is 5.02 Å². The van der Waals surface area contributed by atoms with Crippen molar-refractivity contribution < 1.29 is 17.9 Å². The minimum atomic E-state index is -3.71. The van der Waals surface area contributed by atoms with Gasteiger partial charge in [0.05, 0.1) is 5.02 Å². The summed E-state index contributed by atoms with van der Waals surface area (Å²) < 4.78 is 37.6. The highest BCUT2D eigenvalue weighted by atomic mass is 35.5. The van der Waals surface area contributed by atoms with Crippen molar-refractivity contribution in [2.45, 2.75) is 31.2 Å². The second-order valence-electron chi connectivity index (χ2n) is 5.95. The summed E-state index contributed by atoms with van der Waals surface area (Å²) in [5, 5.41) is 0.120. The number of halogens is 1. The first-order valence-electron chi connectivity index (χ1n) is 7.54. The van der Waals surface area contributed by atoms with E-state index in [0.717, 1.165) is 0 Å². The van der Waals surface area contributed by atoms with Crippen molar-refractivity contribution >= 4 is 21.6 Å². The zero-order chi connectivity index (χ0) is 17.2. The van der Waals surface area contributed by atoms with Crippen molar-refractivity contribution in [3.05, 3.63) is 17.2 Å². The quantitative estimate of drug-likeness (QED) is 0.838. The second kappa shape index (κ2) is 7.25. The van der Waals surface area contributed by atoms with Crippen LogP contribution in [-0.2, 0) is 10.0 Å². The number of hydrogen-bond acceptors (Lipinski definition) is 5. The fraction of sp³-hybridized carbons (Fsp3) is 0.600. The first-order chi connectivity index (χ1) is 10.7. The van der Waals surface area contributed by atoms with Crippen LogP contribution >= 0.6 is 11.6 Å². The van der Waals surface area contributed by atoms with Crippen LogP contribution in [0.5, 0.6) is 11.5 Å². The Labute approximate surface area is 142 Å². The van der Waals surface area contributed by atoms with E-state index in [-0.39, 0.29) is 16.0 Å². The van der Waals surface area contributed by atoms with Gasteiger partial charge in [-0.2, -0.15) is 0 Å². The highest BCUT2D eigenvalue weighted by Crippen LogP contribution is 2.38. The Hall–Kier alpha value is -1.02. The van der Waals surface area contributed by atoms with E-state index in [1.165, 1.54) is 23.5 Å². The van der Waals surface area contributed by atoms with E-state index in [2.05, 4.69) is 0 Å². The molecule has 6 nitrogen and oxygen atoms in total. The monoisotopic (exact) mass is 362 g/mol. The molecule has 2 N–H and O–H groups in total. The fourth-order valence-electron chi connectivity index (χ4n) is 2.20. The summed E-state index contributed by atoms with van der Waals surface area (Å²) in [6.07, 6.45) is 0.579. The van der Waals surface area contributed by atoms with Crippen molar-refractivity contribution in [3.63, 3.8) is 0 Å². The van der Waals surface area contributed by atoms with E-state index in [9.17, 15) is 8.42 Å². The molecule has 8 heteroatoms. The summed E-state index contributed by atoms with van der Waals surface area (Å²) >= 11 is 6.14. The van der Waals surface area contributed by atoms with Gasteiger partial charge in [0.2, 0.25) is 10.0 Å². The van der Waals surface area contributed by atoms with Crippen LogP contribution in [0, 0.1) is 5.92 Å². The lowest BCUT2D eigenvalue weighted by Crippen LogP contribution is -2.34. The maximum absolute atomic E-state index is 12.7. The summed E-state index contributed by atoms with van der Waals surface area (Å²) in [5.41, 5.74) is 5.98. The van der Waals surface area contributed by atoms with Crippen molar-refractivity contribution in [3.8, 4) is 11.5 Å². The lowest BCUT2D eigenvalue weighted by atomic mass is 10.0. The van der Waals surface area contributed by atoms with Gasteiger partial charge < -0.3 is 15.2 Å². The number of sulfonamides is 1. The van der Waals surface area contributed by atoms with E-state index in [0.29, 0.717) is 43.6 Å². The Morgan fingerprint density at radius 2 is 1.83 bits per heavy atom. The predicted octanol–water partition coefficient (Wildman–Crippen LogP) is 2.11. The highest BCUT2D eigenvalue weighted by Gasteiger charge is 2.27. The maximum Gasteiger partial charge on any atom is 0.244 e. The minimum Gasteiger partial charge on any atom is -0.486 e. The molecule has 2 rings (SSSR count). The van der Waals surface area contributed by atoms with Crippen molar-refractivity contribution in [2.24, 2.45) is 11.7 Å². The van der Waals surface area contributed by atoms with Crippen LogP contribution in [0.1, 0.15) is 20.3 Å². The third kappa shape index (κ3) is 4.09. The van der Waals surface area contributed by atoms with Crippen LogP contribution in [0.25, 0.3) is 0 Å². The van der Waals surface area contributed by atoms with Crippen molar-refractivity contribution in [2.75, 3.05) is 26.8 Å². The Kier molecular flexibility index (Phi) is 5.78. The second-order valence-corrected chi connectivity index (χ2v) is 8.37. The van der Waals surface area contributed by atoms with Gasteiger partial charge in [-0.15, -0.1) is 0 Å². The third-order valence-electron chi connectivity index (χ3n) is 3.92. The van der Waals surface area contributed by atoms with Gasteiger partial charge in [-0.05, 0) is 12.3 Å². The van der Waals surface area contributed by atoms with Crippen molar-refractivity contribution in [1.29, 1.82) is 0 Å². The molecule has 1 aromatic rings. The number of nitrogens with two attached hydrogens (primary N) is 1. The van der Waals surface area contributed by atoms with E-state index >= 15 is 0 Å². The van der Waals surface area contributed by atoms with E-state index in [1.807, 2.05) is 13.8 Å². The average Bonchev–Trinajstić information content (AvgIpc) is 2.51. The number of rotatable bonds is 6. The molecule has 1 aliphatic heterocycles. The predicted molar refractivity (Wildman–Crippen MR) is 89.7 cm³/mol. The van der Waals surface area contributed by atoms with Gasteiger partial charge in [-0.25, -0.2) is 12.7 Å². The zero-order valence-electron chi connectivity index (χ0n) is 13.6. The Bertz CT molecular complexity index is 664. The molecule has 0 saturated carbocycles. The number of hydrogen-bond donors (Lipinski definition) is 1. The smallest absolute Gasteiger partial charge is 0.244 e. The van der Waals surface area contributed by atoms with Crippen LogP contribution in [-0.4, -0.2) is 45.6 Å². The minimum absolute atomic E-state index is 0.0176. The molecule has 0 radical (unpaired) electrons. The van der Waals surface area contributed by atoms with Gasteiger partial charge in [-0.1, -0.05) is 25.4 Å². The Balaban J connectivity index is 2.22. The van der Waals surface area contributed by atoms with Crippen LogP contribution < -0.4 is 15.2 Å². The molecule has 1 atom stereocenters. The van der Waals surface area contributed by atoms with Crippen LogP contribution in [0.4, 0.5) is 0 Å². The van der Waals surface area contributed by atoms with E-state index < -0.39 is 10.0 Å². The highest BCUT2D eigenvalue weighted by molar-refractivity contribution is 7.89. The molecule has 1 unspecified atom stereocenters. The topological polar surface area (TPSA) is 81.9 Å². The Morgan fingerprint density at radius 3 is 2.39 bits per heavy atom. The average molecular weight is 363 g/mol. The molecule has 0 saturated heterocycles. The number of fused-ring (bicyclic) bond motifs is 1. The first-order valence-corrected chi connectivity index (χ1v) is 9.36. The molecule has 130 valence electrons. The lowest BCUT2D eigenvalue weighted by Gasteiger charge is -2.23. The maximum atomic E-state index is 12.7. The SMILES string of the molecule is CC(C)C(N)CCN(C)S(=O)(=O)c1cc2c(cc1Cl)OCCO2. The molecule has 0 amide bonds. The summed E-state index contributed by atoms with van der Waals surface area (Å²) in [6, 6.07) is 2.85. The van der Waals surface area contributed by atoms with Gasteiger partial charge in [0, 0.05) is 31.8 Å². The number of ether oxygens (including phenoxy) is 2. The molecule has 1 aliphatic rings. The molecule has 1 aromatic carbocycles. The zero-order valence-corrected chi connectivity index (χ0v) is 15.2. The number of nitrogens with zero attached hydrogens (tertiary/aromatic N) is 1. The molecular weight excluding hydrogens is 340 g/mol. The summed E-state index contributed by atoms with van der Waals surface area (Å²) in [7, 11) is -2.19. The molecule has 0 spiro atoms. The lowest BCUT2D eigenvalue weighted by molar-refractivity contribution is 0.171. The third-order valence-corrected chi connectivity index (χ3v) is 6.24. The fourth-order valence-corrected chi connectivity index (χ4v) is 3.88. The summed E-state index contributed by atoms with van der Waals surface area (Å²) in [5.74, 6) is 1.15. The van der Waals surface area contributed by atoms with E-state index in [4.69, 9.17) is 26.8 Å². The molecule has 0 bridgehead atoms. The number of benzene rings is 1. The molecule has 0 fully saturated rings. The van der Waals surface area contributed by atoms with E-state index in [1.54, 1.807) is 0 Å². The van der Waals surface area contributed by atoms with Gasteiger partial charge >= 0.3 is 0 Å². The standard InChI is InChI=1S/C15H23ClN2O4S/c1-10(2)12(17)4-5-18(3)23(19,20)15-9-14-13(8-11(15)16)21-6-7-22-14/h8-10,12H,4-7,17H2,1-3H3. The molecule has 0 aromatic heterocycles. The Morgan fingerprint density at radius 1 is 1.26 bits per heavy atom. The van der Waals surface area contributed by atoms with Gasteiger partial charge in [-0.3, -0.25) is 0 Å². The summed E-state index contributed by atoms with van der Waals surface area (Å²) in [4.78, 5) is 0.0176. The van der Waals surface area contributed by atoms with Gasteiger partial charge in [0.1, 0.15) is 18.1 Å².